The molecule has 1 atom stereocenters. The Hall–Kier alpha value is -0.120. The molecule has 0 amide bonds. The molecule has 1 aliphatic heterocycles. The lowest BCUT2D eigenvalue weighted by Gasteiger charge is -2.22. The third-order valence-corrected chi connectivity index (χ3v) is 1.78. The van der Waals surface area contributed by atoms with Crippen LogP contribution in [0.15, 0.2) is 0 Å². The van der Waals surface area contributed by atoms with Gasteiger partial charge in [-0.05, 0) is 19.4 Å². The molecule has 1 saturated heterocycles. The standard InChI is InChI=1S/C6H15N3/c7-9-5-6-3-1-2-4-8-6/h6,8-9H,1-5,7H2. The molecule has 4 N–H and O–H groups in total. The smallest absolute Gasteiger partial charge is 0.0252 e. The van der Waals surface area contributed by atoms with Crippen LogP contribution in [0.25, 0.3) is 0 Å². The molecule has 1 rings (SSSR count). The van der Waals surface area contributed by atoms with Gasteiger partial charge >= 0.3 is 0 Å². The van der Waals surface area contributed by atoms with Gasteiger partial charge < -0.3 is 5.32 Å². The maximum Gasteiger partial charge on any atom is 0.0252 e. The van der Waals surface area contributed by atoms with E-state index < -0.39 is 0 Å². The zero-order chi connectivity index (χ0) is 6.53. The molecule has 0 saturated carbocycles. The van der Waals surface area contributed by atoms with E-state index in [1.54, 1.807) is 0 Å². The van der Waals surface area contributed by atoms with Crippen molar-refractivity contribution >= 4 is 0 Å². The molecule has 1 unspecified atom stereocenters. The van der Waals surface area contributed by atoms with Crippen molar-refractivity contribution in [3.8, 4) is 0 Å². The maximum atomic E-state index is 5.17. The molecule has 0 spiro atoms. The summed E-state index contributed by atoms with van der Waals surface area (Å²) in [5, 5.41) is 3.38. The number of nitrogens with two attached hydrogens (primary N) is 1. The summed E-state index contributed by atoms with van der Waals surface area (Å²) < 4.78 is 0. The van der Waals surface area contributed by atoms with Gasteiger partial charge in [0.2, 0.25) is 0 Å². The van der Waals surface area contributed by atoms with Gasteiger partial charge in [-0.3, -0.25) is 11.3 Å². The monoisotopic (exact) mass is 129 g/mol. The van der Waals surface area contributed by atoms with E-state index in [4.69, 9.17) is 5.84 Å². The van der Waals surface area contributed by atoms with Crippen molar-refractivity contribution in [2.45, 2.75) is 25.3 Å². The van der Waals surface area contributed by atoms with Gasteiger partial charge in [0, 0.05) is 12.6 Å². The van der Waals surface area contributed by atoms with Crippen LogP contribution in [0, 0.1) is 0 Å². The van der Waals surface area contributed by atoms with Crippen molar-refractivity contribution in [3.63, 3.8) is 0 Å². The Morgan fingerprint density at radius 3 is 3.00 bits per heavy atom. The second-order valence-electron chi connectivity index (χ2n) is 2.56. The summed E-state index contributed by atoms with van der Waals surface area (Å²) in [6, 6.07) is 0.615. The van der Waals surface area contributed by atoms with Gasteiger partial charge in [0.1, 0.15) is 0 Å². The van der Waals surface area contributed by atoms with E-state index in [1.807, 2.05) is 0 Å². The summed E-state index contributed by atoms with van der Waals surface area (Å²) in [7, 11) is 0. The predicted molar refractivity (Wildman–Crippen MR) is 37.8 cm³/mol. The Morgan fingerprint density at radius 2 is 2.44 bits per heavy atom. The van der Waals surface area contributed by atoms with Crippen LogP contribution in [-0.2, 0) is 0 Å². The fourth-order valence-corrected chi connectivity index (χ4v) is 1.24. The molecule has 0 aromatic heterocycles. The molecule has 54 valence electrons. The first-order valence-electron chi connectivity index (χ1n) is 3.60. The molecule has 3 nitrogen and oxygen atoms in total. The van der Waals surface area contributed by atoms with Crippen molar-refractivity contribution in [2.24, 2.45) is 5.84 Å². The Bertz CT molecular complexity index is 65.9. The molecule has 1 fully saturated rings. The molecule has 1 heterocycles. The molecule has 0 bridgehead atoms. The Balaban J connectivity index is 2.08. The van der Waals surface area contributed by atoms with Gasteiger partial charge in [-0.1, -0.05) is 6.42 Å². The topological polar surface area (TPSA) is 50.1 Å². The van der Waals surface area contributed by atoms with Crippen molar-refractivity contribution in [1.29, 1.82) is 0 Å². The van der Waals surface area contributed by atoms with Crippen LogP contribution in [0.5, 0.6) is 0 Å². The van der Waals surface area contributed by atoms with Crippen molar-refractivity contribution in [3.05, 3.63) is 0 Å². The molecular weight excluding hydrogens is 114 g/mol. The van der Waals surface area contributed by atoms with E-state index in [-0.39, 0.29) is 0 Å². The van der Waals surface area contributed by atoms with E-state index in [0.29, 0.717) is 6.04 Å². The lowest BCUT2D eigenvalue weighted by molar-refractivity contribution is 0.386. The number of piperidine rings is 1. The first kappa shape index (κ1) is 6.99. The van der Waals surface area contributed by atoms with E-state index in [2.05, 4.69) is 10.7 Å². The maximum absolute atomic E-state index is 5.17. The molecule has 3 heteroatoms. The largest absolute Gasteiger partial charge is 0.313 e. The first-order valence-corrected chi connectivity index (χ1v) is 3.60. The molecule has 0 aromatic carbocycles. The number of hydrazine groups is 1. The number of nitrogens with one attached hydrogen (secondary N) is 2. The van der Waals surface area contributed by atoms with Crippen LogP contribution < -0.4 is 16.6 Å². The van der Waals surface area contributed by atoms with E-state index >= 15 is 0 Å². The van der Waals surface area contributed by atoms with Gasteiger partial charge in [-0.25, -0.2) is 0 Å². The third-order valence-electron chi connectivity index (χ3n) is 1.78. The minimum Gasteiger partial charge on any atom is -0.313 e. The lowest BCUT2D eigenvalue weighted by atomic mass is 10.1. The molecule has 0 radical (unpaired) electrons. The highest BCUT2D eigenvalue weighted by molar-refractivity contribution is 4.72. The van der Waals surface area contributed by atoms with Crippen molar-refractivity contribution < 1.29 is 0 Å². The summed E-state index contributed by atoms with van der Waals surface area (Å²) in [5.41, 5.74) is 2.67. The Labute approximate surface area is 56.0 Å². The van der Waals surface area contributed by atoms with Gasteiger partial charge in [-0.2, -0.15) is 0 Å². The van der Waals surface area contributed by atoms with Gasteiger partial charge in [0.15, 0.2) is 0 Å². The summed E-state index contributed by atoms with van der Waals surface area (Å²) >= 11 is 0. The predicted octanol–water partition coefficient (Wildman–Crippen LogP) is -0.408. The SMILES string of the molecule is NNCC1CCCCN1. The number of hydrogen-bond acceptors (Lipinski definition) is 3. The minimum absolute atomic E-state index is 0.615. The molecule has 0 aromatic rings. The molecule has 1 aliphatic rings. The van der Waals surface area contributed by atoms with Crippen LogP contribution in [-0.4, -0.2) is 19.1 Å². The summed E-state index contributed by atoms with van der Waals surface area (Å²) in [5.74, 6) is 5.17. The van der Waals surface area contributed by atoms with Gasteiger partial charge in [0.25, 0.3) is 0 Å². The first-order chi connectivity index (χ1) is 4.43. The minimum atomic E-state index is 0.615. The third kappa shape index (κ3) is 2.30. The normalized spacial score (nSPS) is 28.3. The van der Waals surface area contributed by atoms with Crippen LogP contribution in [0.3, 0.4) is 0 Å². The summed E-state index contributed by atoms with van der Waals surface area (Å²) in [4.78, 5) is 0. The highest BCUT2D eigenvalue weighted by Gasteiger charge is 2.09. The van der Waals surface area contributed by atoms with E-state index in [1.165, 1.54) is 19.3 Å². The van der Waals surface area contributed by atoms with Crippen molar-refractivity contribution in [1.82, 2.24) is 10.7 Å². The molecular formula is C6H15N3. The van der Waals surface area contributed by atoms with Crippen LogP contribution in [0.2, 0.25) is 0 Å². The lowest BCUT2D eigenvalue weighted by Crippen LogP contribution is -2.43. The number of hydrogen-bond donors (Lipinski definition) is 3. The van der Waals surface area contributed by atoms with Crippen LogP contribution >= 0.6 is 0 Å². The fraction of sp³-hybridized carbons (Fsp3) is 1.00. The van der Waals surface area contributed by atoms with Crippen molar-refractivity contribution in [2.75, 3.05) is 13.1 Å². The number of rotatable bonds is 2. The Morgan fingerprint density at radius 1 is 1.56 bits per heavy atom. The average molecular weight is 129 g/mol. The van der Waals surface area contributed by atoms with E-state index in [0.717, 1.165) is 13.1 Å². The van der Waals surface area contributed by atoms with Crippen LogP contribution in [0.4, 0.5) is 0 Å². The highest BCUT2D eigenvalue weighted by Crippen LogP contribution is 2.04. The zero-order valence-electron chi connectivity index (χ0n) is 5.69. The average Bonchev–Trinajstić information content (AvgIpc) is 1.91. The summed E-state index contributed by atoms with van der Waals surface area (Å²) in [6.07, 6.45) is 3.94. The second-order valence-corrected chi connectivity index (χ2v) is 2.56. The quantitative estimate of drug-likeness (QED) is 0.351. The second kappa shape index (κ2) is 3.82. The molecule has 0 aliphatic carbocycles. The summed E-state index contributed by atoms with van der Waals surface area (Å²) in [6.45, 7) is 2.06. The van der Waals surface area contributed by atoms with Gasteiger partial charge in [0.05, 0.1) is 0 Å². The highest BCUT2D eigenvalue weighted by atomic mass is 15.2. The molecule has 9 heavy (non-hydrogen) atoms. The van der Waals surface area contributed by atoms with E-state index in [9.17, 15) is 0 Å². The van der Waals surface area contributed by atoms with Gasteiger partial charge in [-0.15, -0.1) is 0 Å². The fourth-order valence-electron chi connectivity index (χ4n) is 1.24. The zero-order valence-corrected chi connectivity index (χ0v) is 5.69. The van der Waals surface area contributed by atoms with Crippen LogP contribution in [0.1, 0.15) is 19.3 Å². The Kier molecular flexibility index (Phi) is 2.97.